The summed E-state index contributed by atoms with van der Waals surface area (Å²) >= 11 is 1.45. The lowest BCUT2D eigenvalue weighted by Gasteiger charge is -2.14. The van der Waals surface area contributed by atoms with E-state index in [1.807, 2.05) is 54.6 Å². The average Bonchev–Trinajstić information content (AvgIpc) is 2.83. The Kier molecular flexibility index (Phi) is 5.98. The molecule has 6 nitrogen and oxygen atoms in total. The summed E-state index contributed by atoms with van der Waals surface area (Å²) in [7, 11) is 1.65. The van der Waals surface area contributed by atoms with Gasteiger partial charge >= 0.3 is 5.63 Å². The Morgan fingerprint density at radius 2 is 1.79 bits per heavy atom. The van der Waals surface area contributed by atoms with Crippen LogP contribution in [-0.4, -0.2) is 23.3 Å². The molecule has 33 heavy (non-hydrogen) atoms. The van der Waals surface area contributed by atoms with Crippen molar-refractivity contribution in [2.24, 2.45) is 0 Å². The number of aromatic nitrogens is 2. The van der Waals surface area contributed by atoms with Crippen LogP contribution in [0.1, 0.15) is 12.0 Å². The van der Waals surface area contributed by atoms with Crippen molar-refractivity contribution in [3.8, 4) is 0 Å². The minimum absolute atomic E-state index is 0.0675. The van der Waals surface area contributed by atoms with Crippen molar-refractivity contribution >= 4 is 44.4 Å². The molecule has 0 aliphatic heterocycles. The molecule has 2 aromatic heterocycles. The fourth-order valence-corrected chi connectivity index (χ4v) is 5.10. The number of thioether (sulfide) groups is 1. The van der Waals surface area contributed by atoms with Crippen LogP contribution in [0, 0.1) is 0 Å². The van der Waals surface area contributed by atoms with Crippen molar-refractivity contribution in [1.29, 1.82) is 0 Å². The van der Waals surface area contributed by atoms with Crippen molar-refractivity contribution in [3.05, 3.63) is 93.1 Å². The van der Waals surface area contributed by atoms with E-state index in [2.05, 4.69) is 0 Å². The number of hydrogen-bond acceptors (Lipinski definition) is 6. The maximum atomic E-state index is 13.2. The van der Waals surface area contributed by atoms with Crippen molar-refractivity contribution in [3.63, 3.8) is 0 Å². The Hall–Kier alpha value is -3.42. The van der Waals surface area contributed by atoms with Gasteiger partial charge in [-0.15, -0.1) is 0 Å². The molecule has 5 aromatic rings. The molecular formula is C26H22N2O4S. The number of methoxy groups -OCH3 is 1. The Bertz CT molecular complexity index is 1590. The molecule has 0 aliphatic carbocycles. The molecule has 0 amide bonds. The fourth-order valence-electron chi connectivity index (χ4n) is 4.10. The second kappa shape index (κ2) is 9.21. The first-order chi connectivity index (χ1) is 16.2. The van der Waals surface area contributed by atoms with E-state index in [4.69, 9.17) is 14.1 Å². The van der Waals surface area contributed by atoms with Crippen LogP contribution in [0.15, 0.2) is 85.9 Å². The SMILES string of the molecule is COCCCn1c(SCc2cc(=O)oc3ccc4ccccc4c23)nc2ccccc2c1=O. The Labute approximate surface area is 193 Å². The van der Waals surface area contributed by atoms with Crippen molar-refractivity contribution < 1.29 is 9.15 Å². The Balaban J connectivity index is 1.60. The van der Waals surface area contributed by atoms with Gasteiger partial charge in [-0.25, -0.2) is 9.78 Å². The molecule has 0 radical (unpaired) electrons. The minimum atomic E-state index is -0.391. The van der Waals surface area contributed by atoms with E-state index < -0.39 is 5.63 Å². The van der Waals surface area contributed by atoms with Gasteiger partial charge in [0.15, 0.2) is 5.16 Å². The Morgan fingerprint density at radius 3 is 2.64 bits per heavy atom. The van der Waals surface area contributed by atoms with Crippen molar-refractivity contribution in [1.82, 2.24) is 9.55 Å². The number of rotatable bonds is 7. The fraction of sp³-hybridized carbons (Fsp3) is 0.192. The predicted molar refractivity (Wildman–Crippen MR) is 132 cm³/mol. The highest BCUT2D eigenvalue weighted by atomic mass is 32.2. The molecule has 0 fully saturated rings. The number of benzene rings is 3. The third-order valence-electron chi connectivity index (χ3n) is 5.63. The molecule has 0 N–H and O–H groups in total. The van der Waals surface area contributed by atoms with Crippen LogP contribution in [0.4, 0.5) is 0 Å². The van der Waals surface area contributed by atoms with Gasteiger partial charge in [-0.1, -0.05) is 54.2 Å². The highest BCUT2D eigenvalue weighted by molar-refractivity contribution is 7.98. The summed E-state index contributed by atoms with van der Waals surface area (Å²) in [6, 6.07) is 20.7. The number of nitrogens with zero attached hydrogens (tertiary/aromatic N) is 2. The third-order valence-corrected chi connectivity index (χ3v) is 6.65. The normalized spacial score (nSPS) is 11.5. The van der Waals surface area contributed by atoms with Crippen LogP contribution >= 0.6 is 11.8 Å². The quantitative estimate of drug-likeness (QED) is 0.113. The van der Waals surface area contributed by atoms with E-state index in [1.165, 1.54) is 17.8 Å². The van der Waals surface area contributed by atoms with Gasteiger partial charge in [0.1, 0.15) is 5.58 Å². The van der Waals surface area contributed by atoms with Gasteiger partial charge in [-0.2, -0.15) is 0 Å². The molecule has 5 rings (SSSR count). The van der Waals surface area contributed by atoms with E-state index in [0.29, 0.717) is 47.0 Å². The summed E-state index contributed by atoms with van der Waals surface area (Å²) < 4.78 is 12.4. The second-order valence-corrected chi connectivity index (χ2v) is 8.70. The van der Waals surface area contributed by atoms with E-state index in [-0.39, 0.29) is 5.56 Å². The molecule has 3 aromatic carbocycles. The molecule has 166 valence electrons. The molecule has 0 unspecified atom stereocenters. The molecule has 2 heterocycles. The lowest BCUT2D eigenvalue weighted by atomic mass is 10.0. The van der Waals surface area contributed by atoms with Crippen LogP contribution in [0.2, 0.25) is 0 Å². The molecule has 0 saturated carbocycles. The van der Waals surface area contributed by atoms with Crippen LogP contribution in [0.25, 0.3) is 32.6 Å². The minimum Gasteiger partial charge on any atom is -0.423 e. The zero-order chi connectivity index (χ0) is 22.8. The first kappa shape index (κ1) is 21.4. The van der Waals surface area contributed by atoms with Gasteiger partial charge in [0.2, 0.25) is 0 Å². The number of fused-ring (bicyclic) bond motifs is 4. The molecule has 0 saturated heterocycles. The highest BCUT2D eigenvalue weighted by Crippen LogP contribution is 2.31. The average molecular weight is 459 g/mol. The lowest BCUT2D eigenvalue weighted by Crippen LogP contribution is -2.24. The maximum Gasteiger partial charge on any atom is 0.336 e. The van der Waals surface area contributed by atoms with Gasteiger partial charge in [0.25, 0.3) is 5.56 Å². The maximum absolute atomic E-state index is 13.2. The summed E-state index contributed by atoms with van der Waals surface area (Å²) in [6.45, 7) is 1.06. The van der Waals surface area contributed by atoms with E-state index in [9.17, 15) is 9.59 Å². The van der Waals surface area contributed by atoms with Gasteiger partial charge in [-0.05, 0) is 41.0 Å². The Morgan fingerprint density at radius 1 is 1.00 bits per heavy atom. The molecule has 0 atom stereocenters. The zero-order valence-electron chi connectivity index (χ0n) is 18.1. The van der Waals surface area contributed by atoms with Gasteiger partial charge in [-0.3, -0.25) is 9.36 Å². The molecule has 0 spiro atoms. The van der Waals surface area contributed by atoms with Gasteiger partial charge in [0, 0.05) is 37.5 Å². The highest BCUT2D eigenvalue weighted by Gasteiger charge is 2.14. The van der Waals surface area contributed by atoms with Crippen LogP contribution in [0.5, 0.6) is 0 Å². The van der Waals surface area contributed by atoms with E-state index in [0.717, 1.165) is 21.7 Å². The third kappa shape index (κ3) is 4.17. The summed E-state index contributed by atoms with van der Waals surface area (Å²) in [4.78, 5) is 30.2. The van der Waals surface area contributed by atoms with Gasteiger partial charge < -0.3 is 9.15 Å². The summed E-state index contributed by atoms with van der Waals surface area (Å²) in [5.41, 5.74) is 1.62. The number of hydrogen-bond donors (Lipinski definition) is 0. The molecule has 0 bridgehead atoms. The number of ether oxygens (including phenoxy) is 1. The summed E-state index contributed by atoms with van der Waals surface area (Å²) in [6.07, 6.45) is 0.701. The van der Waals surface area contributed by atoms with Crippen LogP contribution < -0.4 is 11.2 Å². The monoisotopic (exact) mass is 458 g/mol. The van der Waals surface area contributed by atoms with Crippen LogP contribution in [0.3, 0.4) is 0 Å². The standard InChI is InChI=1S/C26H22N2O4S/c1-31-14-6-13-28-25(30)20-9-4-5-10-21(20)27-26(28)33-16-18-15-23(29)32-22-12-11-17-7-2-3-8-19(17)24(18)22/h2-5,7-12,15H,6,13-14,16H2,1H3. The largest absolute Gasteiger partial charge is 0.423 e. The van der Waals surface area contributed by atoms with Crippen molar-refractivity contribution in [2.75, 3.05) is 13.7 Å². The molecule has 7 heteroatoms. The summed E-state index contributed by atoms with van der Waals surface area (Å²) in [5.74, 6) is 0.477. The smallest absolute Gasteiger partial charge is 0.336 e. The van der Waals surface area contributed by atoms with Gasteiger partial charge in [0.05, 0.1) is 10.9 Å². The van der Waals surface area contributed by atoms with Crippen molar-refractivity contribution in [2.45, 2.75) is 23.9 Å². The number of para-hydroxylation sites is 1. The first-order valence-corrected chi connectivity index (χ1v) is 11.7. The first-order valence-electron chi connectivity index (χ1n) is 10.7. The predicted octanol–water partition coefficient (Wildman–Crippen LogP) is 4.98. The molecular weight excluding hydrogens is 436 g/mol. The van der Waals surface area contributed by atoms with E-state index >= 15 is 0 Å². The lowest BCUT2D eigenvalue weighted by molar-refractivity contribution is 0.189. The van der Waals surface area contributed by atoms with E-state index in [1.54, 1.807) is 17.7 Å². The van der Waals surface area contributed by atoms with Crippen LogP contribution in [-0.2, 0) is 17.0 Å². The molecule has 0 aliphatic rings. The topological polar surface area (TPSA) is 74.3 Å². The zero-order valence-corrected chi connectivity index (χ0v) is 18.9. The summed E-state index contributed by atoms with van der Waals surface area (Å²) in [5, 5.41) is 4.23. The second-order valence-electron chi connectivity index (χ2n) is 7.75.